The molecule has 0 atom stereocenters. The van der Waals surface area contributed by atoms with Crippen molar-refractivity contribution in [2.24, 2.45) is 0 Å². The highest BCUT2D eigenvalue weighted by Gasteiger charge is 2.16. The van der Waals surface area contributed by atoms with Crippen LogP contribution in [0.1, 0.15) is 5.69 Å². The van der Waals surface area contributed by atoms with Crippen molar-refractivity contribution >= 4 is 5.82 Å². The highest BCUT2D eigenvalue weighted by molar-refractivity contribution is 5.41. The highest BCUT2D eigenvalue weighted by atomic mass is 16.1. The topological polar surface area (TPSA) is 78.5 Å². The number of nitrogens with two attached hydrogens (primary N) is 1. The fourth-order valence-corrected chi connectivity index (χ4v) is 1.65. The van der Waals surface area contributed by atoms with Gasteiger partial charge in [0.05, 0.1) is 26.2 Å². The molecule has 1 aromatic rings. The van der Waals surface area contributed by atoms with Crippen LogP contribution in [0.4, 0.5) is 5.82 Å². The van der Waals surface area contributed by atoms with Gasteiger partial charge in [0.15, 0.2) is 5.82 Å². The molecule has 0 radical (unpaired) electrons. The van der Waals surface area contributed by atoms with E-state index in [-0.39, 0.29) is 5.69 Å². The normalized spacial score (nSPS) is 17.1. The van der Waals surface area contributed by atoms with Crippen LogP contribution in [0.3, 0.4) is 0 Å². The minimum atomic E-state index is -0.375. The molecule has 1 aromatic heterocycles. The third-order valence-electron chi connectivity index (χ3n) is 2.36. The zero-order valence-corrected chi connectivity index (χ0v) is 8.16. The third-order valence-corrected chi connectivity index (χ3v) is 2.36. The number of quaternary nitrogens is 1. The van der Waals surface area contributed by atoms with Crippen molar-refractivity contribution < 1.29 is 5.32 Å². The van der Waals surface area contributed by atoms with Gasteiger partial charge in [-0.1, -0.05) is 0 Å². The van der Waals surface area contributed by atoms with Crippen LogP contribution in [0.25, 0.3) is 0 Å². The van der Waals surface area contributed by atoms with Crippen molar-refractivity contribution in [3.8, 4) is 0 Å². The Morgan fingerprint density at radius 2 is 2.14 bits per heavy atom. The number of hydrogen-bond donors (Lipinski definition) is 2. The molecule has 0 spiro atoms. The average Bonchev–Trinajstić information content (AvgIpc) is 2.23. The van der Waals surface area contributed by atoms with E-state index in [2.05, 4.69) is 25.4 Å². The van der Waals surface area contributed by atoms with E-state index in [4.69, 9.17) is 0 Å². The number of piperazine rings is 1. The predicted molar refractivity (Wildman–Crippen MR) is 51.3 cm³/mol. The Labute approximate surface area is 81.3 Å². The van der Waals surface area contributed by atoms with Gasteiger partial charge in [-0.3, -0.25) is 0 Å². The number of anilines is 1. The molecule has 2 rings (SSSR count). The summed E-state index contributed by atoms with van der Waals surface area (Å²) in [5.41, 5.74) is 0.409. The fraction of sp³-hybridized carbons (Fsp3) is 0.625. The van der Waals surface area contributed by atoms with E-state index in [0.29, 0.717) is 0 Å². The van der Waals surface area contributed by atoms with Crippen molar-refractivity contribution in [1.82, 2.24) is 15.2 Å². The van der Waals surface area contributed by atoms with Crippen molar-refractivity contribution in [1.29, 1.82) is 0 Å². The van der Waals surface area contributed by atoms with Crippen LogP contribution >= 0.6 is 0 Å². The first kappa shape index (κ1) is 9.14. The van der Waals surface area contributed by atoms with E-state index >= 15 is 0 Å². The van der Waals surface area contributed by atoms with Gasteiger partial charge in [0, 0.05) is 0 Å². The average molecular weight is 196 g/mol. The summed E-state index contributed by atoms with van der Waals surface area (Å²) in [7, 11) is 0. The Balaban J connectivity index is 2.29. The van der Waals surface area contributed by atoms with Gasteiger partial charge in [-0.15, -0.1) is 0 Å². The Morgan fingerprint density at radius 3 is 2.86 bits per heavy atom. The molecule has 0 aliphatic carbocycles. The molecule has 0 aromatic carbocycles. The molecular weight excluding hydrogens is 182 g/mol. The van der Waals surface area contributed by atoms with Crippen molar-refractivity contribution in [2.75, 3.05) is 31.1 Å². The summed E-state index contributed by atoms with van der Waals surface area (Å²) >= 11 is 0. The van der Waals surface area contributed by atoms with Gasteiger partial charge in [0.1, 0.15) is 5.69 Å². The monoisotopic (exact) mass is 196 g/mol. The van der Waals surface area contributed by atoms with Crippen molar-refractivity contribution in [2.45, 2.75) is 6.92 Å². The molecule has 1 aliphatic rings. The number of nitrogens with zero attached hydrogens (tertiary/aromatic N) is 3. The second-order valence-electron chi connectivity index (χ2n) is 3.40. The van der Waals surface area contributed by atoms with Gasteiger partial charge in [-0.25, -0.2) is 9.89 Å². The molecule has 76 valence electrons. The maximum absolute atomic E-state index is 11.0. The Hall–Kier alpha value is -1.43. The molecule has 1 aliphatic heterocycles. The Morgan fingerprint density at radius 1 is 1.43 bits per heavy atom. The lowest BCUT2D eigenvalue weighted by molar-refractivity contribution is -0.655. The minimum Gasteiger partial charge on any atom is -0.344 e. The van der Waals surface area contributed by atoms with Gasteiger partial charge in [0.25, 0.3) is 0 Å². The molecule has 0 amide bonds. The largest absolute Gasteiger partial charge is 0.363 e. The van der Waals surface area contributed by atoms with Gasteiger partial charge in [-0.05, 0) is 6.92 Å². The molecule has 6 heteroatoms. The number of aromatic amines is 1. The summed E-state index contributed by atoms with van der Waals surface area (Å²) in [6.07, 6.45) is 0. The van der Waals surface area contributed by atoms with E-state index in [1.54, 1.807) is 0 Å². The molecule has 6 nitrogen and oxygen atoms in total. The second kappa shape index (κ2) is 3.75. The first-order chi connectivity index (χ1) is 6.77. The number of rotatable bonds is 1. The minimum absolute atomic E-state index is 0.375. The van der Waals surface area contributed by atoms with Crippen LogP contribution in [0.5, 0.6) is 0 Å². The number of H-pyrrole nitrogens is 1. The smallest absolute Gasteiger partial charge is 0.344 e. The predicted octanol–water partition coefficient (Wildman–Crippen LogP) is -2.14. The van der Waals surface area contributed by atoms with Crippen LogP contribution in [-0.4, -0.2) is 41.4 Å². The Bertz CT molecular complexity index is 368. The lowest BCUT2D eigenvalue weighted by Crippen LogP contribution is -2.89. The quantitative estimate of drug-likeness (QED) is 0.537. The molecule has 0 unspecified atom stereocenters. The molecule has 14 heavy (non-hydrogen) atoms. The summed E-state index contributed by atoms with van der Waals surface area (Å²) in [6, 6.07) is 0. The summed E-state index contributed by atoms with van der Waals surface area (Å²) in [6.45, 7) is 5.82. The van der Waals surface area contributed by atoms with Crippen molar-refractivity contribution in [3.05, 3.63) is 16.2 Å². The van der Waals surface area contributed by atoms with Crippen LogP contribution in [0.15, 0.2) is 4.79 Å². The summed E-state index contributed by atoms with van der Waals surface area (Å²) < 4.78 is 0. The highest BCUT2D eigenvalue weighted by Crippen LogP contribution is 2.10. The lowest BCUT2D eigenvalue weighted by atomic mass is 10.3. The van der Waals surface area contributed by atoms with E-state index in [0.717, 1.165) is 37.7 Å². The number of aromatic nitrogens is 3. The van der Waals surface area contributed by atoms with Crippen LogP contribution < -0.4 is 15.9 Å². The van der Waals surface area contributed by atoms with Crippen LogP contribution in [0.2, 0.25) is 0 Å². The van der Waals surface area contributed by atoms with E-state index < -0.39 is 0 Å². The fourth-order valence-electron chi connectivity index (χ4n) is 1.65. The van der Waals surface area contributed by atoms with Gasteiger partial charge in [-0.2, -0.15) is 10.1 Å². The van der Waals surface area contributed by atoms with Gasteiger partial charge < -0.3 is 10.2 Å². The zero-order chi connectivity index (χ0) is 9.97. The van der Waals surface area contributed by atoms with E-state index in [1.807, 2.05) is 6.92 Å². The first-order valence-corrected chi connectivity index (χ1v) is 4.77. The van der Waals surface area contributed by atoms with Crippen LogP contribution in [0, 0.1) is 6.92 Å². The molecule has 1 saturated heterocycles. The molecule has 2 heterocycles. The van der Waals surface area contributed by atoms with Crippen molar-refractivity contribution in [3.63, 3.8) is 0 Å². The molecular formula is C8H14N5O+. The standard InChI is InChI=1S/C8H13N5O/c1-6-7(10-8(14)12-11-6)13-4-2-9-3-5-13/h9H,2-5H2,1H3,(H,10,12,14)/p+1. The summed E-state index contributed by atoms with van der Waals surface area (Å²) in [5, 5.41) is 8.49. The maximum atomic E-state index is 11.0. The third kappa shape index (κ3) is 1.74. The molecule has 0 bridgehead atoms. The second-order valence-corrected chi connectivity index (χ2v) is 3.40. The molecule has 1 fully saturated rings. The van der Waals surface area contributed by atoms with E-state index in [9.17, 15) is 4.79 Å². The Kier molecular flexibility index (Phi) is 2.45. The molecule has 3 N–H and O–H groups in total. The van der Waals surface area contributed by atoms with Gasteiger partial charge >= 0.3 is 5.69 Å². The molecule has 0 saturated carbocycles. The van der Waals surface area contributed by atoms with E-state index in [1.165, 1.54) is 0 Å². The summed E-state index contributed by atoms with van der Waals surface area (Å²) in [5.74, 6) is 0.724. The van der Waals surface area contributed by atoms with Gasteiger partial charge in [0.2, 0.25) is 0 Å². The zero-order valence-electron chi connectivity index (χ0n) is 8.16. The number of aryl methyl sites for hydroxylation is 1. The SMILES string of the molecule is Cc1n[nH]c(=O)nc1N1CC[NH2+]CC1. The van der Waals surface area contributed by atoms with Crippen LogP contribution in [-0.2, 0) is 0 Å². The number of hydrogen-bond acceptors (Lipinski definition) is 4. The first-order valence-electron chi connectivity index (χ1n) is 4.77. The summed E-state index contributed by atoms with van der Waals surface area (Å²) in [4.78, 5) is 17.1. The lowest BCUT2D eigenvalue weighted by Gasteiger charge is -2.26. The maximum Gasteiger partial charge on any atom is 0.363 e. The number of nitrogens with one attached hydrogen (secondary N) is 1.